The Morgan fingerprint density at radius 3 is 2.93 bits per heavy atom. The fraction of sp³-hybridized carbons (Fsp3) is 0.417. The van der Waals surface area contributed by atoms with Gasteiger partial charge in [-0.1, -0.05) is 18.2 Å². The summed E-state index contributed by atoms with van der Waals surface area (Å²) in [6.45, 7) is 3.91. The zero-order chi connectivity index (χ0) is 10.7. The van der Waals surface area contributed by atoms with Crippen LogP contribution in [0, 0.1) is 0 Å². The van der Waals surface area contributed by atoms with Gasteiger partial charge in [0, 0.05) is 18.3 Å². The van der Waals surface area contributed by atoms with Gasteiger partial charge in [0.15, 0.2) is 0 Å². The minimum absolute atomic E-state index is 0.200. The summed E-state index contributed by atoms with van der Waals surface area (Å²) in [7, 11) is 0. The van der Waals surface area contributed by atoms with Crippen LogP contribution in [-0.2, 0) is 6.42 Å². The van der Waals surface area contributed by atoms with Gasteiger partial charge >= 0.3 is 0 Å². The minimum atomic E-state index is 0.200. The number of nitrogens with zero attached hydrogens (tertiary/aromatic N) is 2. The van der Waals surface area contributed by atoms with Gasteiger partial charge in [0.1, 0.15) is 0 Å². The first-order valence-corrected chi connectivity index (χ1v) is 5.37. The summed E-state index contributed by atoms with van der Waals surface area (Å²) in [6.07, 6.45) is 2.83. The van der Waals surface area contributed by atoms with Crippen molar-refractivity contribution in [1.29, 1.82) is 0 Å². The van der Waals surface area contributed by atoms with E-state index < -0.39 is 0 Å². The van der Waals surface area contributed by atoms with Crippen molar-refractivity contribution < 1.29 is 0 Å². The average Bonchev–Trinajstić information content (AvgIpc) is 2.70. The molecule has 0 spiro atoms. The Morgan fingerprint density at radius 2 is 2.27 bits per heavy atom. The van der Waals surface area contributed by atoms with Crippen LogP contribution in [0.25, 0.3) is 0 Å². The van der Waals surface area contributed by atoms with E-state index in [0.717, 1.165) is 19.5 Å². The Hall–Kier alpha value is -1.35. The molecule has 1 aliphatic heterocycles. The Labute approximate surface area is 90.6 Å². The topological polar surface area (TPSA) is 41.6 Å². The summed E-state index contributed by atoms with van der Waals surface area (Å²) in [4.78, 5) is 6.42. The largest absolute Gasteiger partial charge is 0.331 e. The van der Waals surface area contributed by atoms with Gasteiger partial charge < -0.3 is 10.6 Å². The van der Waals surface area contributed by atoms with Crippen molar-refractivity contribution in [2.45, 2.75) is 19.4 Å². The fourth-order valence-corrected chi connectivity index (χ4v) is 1.87. The summed E-state index contributed by atoms with van der Waals surface area (Å²) in [6, 6.07) is 8.60. The number of hydrogen-bond acceptors (Lipinski definition) is 3. The second-order valence-corrected chi connectivity index (χ2v) is 4.03. The molecule has 80 valence electrons. The molecule has 2 rings (SSSR count). The maximum atomic E-state index is 5.84. The van der Waals surface area contributed by atoms with Crippen molar-refractivity contribution in [2.24, 2.45) is 10.7 Å². The molecule has 1 atom stereocenters. The van der Waals surface area contributed by atoms with Gasteiger partial charge in [-0.3, -0.25) is 4.99 Å². The average molecular weight is 203 g/mol. The molecule has 0 saturated heterocycles. The number of anilines is 1. The van der Waals surface area contributed by atoms with Crippen LogP contribution in [0.2, 0.25) is 0 Å². The lowest BCUT2D eigenvalue weighted by molar-refractivity contribution is 0.737. The molecule has 0 bridgehead atoms. The van der Waals surface area contributed by atoms with Crippen LogP contribution in [0.1, 0.15) is 12.5 Å². The molecule has 1 aliphatic rings. The van der Waals surface area contributed by atoms with E-state index in [1.165, 1.54) is 11.3 Å². The first-order chi connectivity index (χ1) is 7.27. The standard InChI is InChI=1S/C12H17N3/c1-10(13)8-11-4-2-3-5-12(11)15-7-6-14-9-15/h2-5,9-10H,6-8,13H2,1H3. The van der Waals surface area contributed by atoms with Gasteiger partial charge in [-0.2, -0.15) is 0 Å². The summed E-state index contributed by atoms with van der Waals surface area (Å²) in [5.74, 6) is 0. The third-order valence-electron chi connectivity index (χ3n) is 2.53. The highest BCUT2D eigenvalue weighted by atomic mass is 15.2. The molecule has 0 radical (unpaired) electrons. The van der Waals surface area contributed by atoms with E-state index in [2.05, 4.69) is 34.2 Å². The van der Waals surface area contributed by atoms with Gasteiger partial charge in [0.05, 0.1) is 12.9 Å². The molecule has 1 aromatic carbocycles. The molecule has 0 saturated carbocycles. The van der Waals surface area contributed by atoms with E-state index in [1.54, 1.807) is 0 Å². The van der Waals surface area contributed by atoms with Crippen LogP contribution >= 0.6 is 0 Å². The summed E-state index contributed by atoms with van der Waals surface area (Å²) >= 11 is 0. The molecule has 0 amide bonds. The molecule has 0 aliphatic carbocycles. The highest BCUT2D eigenvalue weighted by Crippen LogP contribution is 2.21. The molecule has 1 unspecified atom stereocenters. The Kier molecular flexibility index (Phi) is 3.02. The molecule has 3 nitrogen and oxygen atoms in total. The van der Waals surface area contributed by atoms with Crippen LogP contribution in [-0.4, -0.2) is 25.5 Å². The monoisotopic (exact) mass is 203 g/mol. The van der Waals surface area contributed by atoms with Crippen molar-refractivity contribution in [3.8, 4) is 0 Å². The van der Waals surface area contributed by atoms with Gasteiger partial charge in [-0.25, -0.2) is 0 Å². The third-order valence-corrected chi connectivity index (χ3v) is 2.53. The Bertz CT molecular complexity index is 358. The predicted molar refractivity (Wildman–Crippen MR) is 64.5 cm³/mol. The van der Waals surface area contributed by atoms with Crippen LogP contribution in [0.3, 0.4) is 0 Å². The van der Waals surface area contributed by atoms with Gasteiger partial charge in [0.2, 0.25) is 0 Å². The molecular weight excluding hydrogens is 186 g/mol. The number of hydrogen-bond donors (Lipinski definition) is 1. The normalized spacial score (nSPS) is 17.1. The molecule has 3 heteroatoms. The predicted octanol–water partition coefficient (Wildman–Crippen LogP) is 1.42. The number of nitrogens with two attached hydrogens (primary N) is 1. The molecule has 2 N–H and O–H groups in total. The number of aliphatic imine (C=N–C) groups is 1. The van der Waals surface area contributed by atoms with Crippen LogP contribution in [0.15, 0.2) is 29.3 Å². The molecule has 0 aromatic heterocycles. The van der Waals surface area contributed by atoms with E-state index in [9.17, 15) is 0 Å². The molecule has 1 heterocycles. The summed E-state index contributed by atoms with van der Waals surface area (Å²) < 4.78 is 0. The van der Waals surface area contributed by atoms with Gasteiger partial charge in [-0.15, -0.1) is 0 Å². The van der Waals surface area contributed by atoms with Crippen LogP contribution in [0.5, 0.6) is 0 Å². The highest BCUT2D eigenvalue weighted by Gasteiger charge is 2.12. The minimum Gasteiger partial charge on any atom is -0.331 e. The van der Waals surface area contributed by atoms with E-state index >= 15 is 0 Å². The molecular formula is C12H17N3. The lowest BCUT2D eigenvalue weighted by atomic mass is 10.1. The van der Waals surface area contributed by atoms with Crippen molar-refractivity contribution >= 4 is 12.0 Å². The second-order valence-electron chi connectivity index (χ2n) is 4.03. The third kappa shape index (κ3) is 2.36. The maximum absolute atomic E-state index is 5.84. The van der Waals surface area contributed by atoms with E-state index in [0.29, 0.717) is 0 Å². The Balaban J connectivity index is 2.24. The molecule has 0 fully saturated rings. The lowest BCUT2D eigenvalue weighted by Crippen LogP contribution is -2.23. The Morgan fingerprint density at radius 1 is 1.47 bits per heavy atom. The SMILES string of the molecule is CC(N)Cc1ccccc1N1C=NCC1. The molecule has 15 heavy (non-hydrogen) atoms. The number of para-hydroxylation sites is 1. The van der Waals surface area contributed by atoms with Crippen LogP contribution in [0.4, 0.5) is 5.69 Å². The highest BCUT2D eigenvalue weighted by molar-refractivity contribution is 5.82. The van der Waals surface area contributed by atoms with Crippen LogP contribution < -0.4 is 10.6 Å². The van der Waals surface area contributed by atoms with Crippen molar-refractivity contribution in [3.05, 3.63) is 29.8 Å². The van der Waals surface area contributed by atoms with Gasteiger partial charge in [-0.05, 0) is 25.0 Å². The first-order valence-electron chi connectivity index (χ1n) is 5.37. The number of benzene rings is 1. The summed E-state index contributed by atoms with van der Waals surface area (Å²) in [5.41, 5.74) is 8.39. The smallest absolute Gasteiger partial charge is 0.0895 e. The van der Waals surface area contributed by atoms with Crippen molar-refractivity contribution in [1.82, 2.24) is 0 Å². The zero-order valence-electron chi connectivity index (χ0n) is 9.06. The van der Waals surface area contributed by atoms with Crippen molar-refractivity contribution in [2.75, 3.05) is 18.0 Å². The zero-order valence-corrected chi connectivity index (χ0v) is 9.06. The molecule has 1 aromatic rings. The lowest BCUT2D eigenvalue weighted by Gasteiger charge is -2.19. The van der Waals surface area contributed by atoms with Crippen molar-refractivity contribution in [3.63, 3.8) is 0 Å². The van der Waals surface area contributed by atoms with Gasteiger partial charge in [0.25, 0.3) is 0 Å². The van der Waals surface area contributed by atoms with E-state index in [4.69, 9.17) is 5.73 Å². The number of rotatable bonds is 3. The van der Waals surface area contributed by atoms with E-state index in [1.807, 2.05) is 13.3 Å². The second kappa shape index (κ2) is 4.45. The van der Waals surface area contributed by atoms with E-state index in [-0.39, 0.29) is 6.04 Å². The fourth-order valence-electron chi connectivity index (χ4n) is 1.87. The first kappa shape index (κ1) is 10.2. The maximum Gasteiger partial charge on any atom is 0.0895 e. The summed E-state index contributed by atoms with van der Waals surface area (Å²) in [5, 5.41) is 0. The quantitative estimate of drug-likeness (QED) is 0.807.